The number of nitrogens with zero attached hydrogens (tertiary/aromatic N) is 3. The number of aromatic nitrogens is 2. The van der Waals surface area contributed by atoms with Crippen molar-refractivity contribution in [3.8, 4) is 5.69 Å². The maximum Gasteiger partial charge on any atom is 0.252 e. The van der Waals surface area contributed by atoms with Crippen molar-refractivity contribution in [3.05, 3.63) is 48.3 Å². The Morgan fingerprint density at radius 2 is 1.86 bits per heavy atom. The van der Waals surface area contributed by atoms with E-state index in [1.807, 2.05) is 36.5 Å². The first-order valence-electron chi connectivity index (χ1n) is 9.23. The zero-order chi connectivity index (χ0) is 20.1. The van der Waals surface area contributed by atoms with Crippen LogP contribution in [0.2, 0.25) is 0 Å². The largest absolute Gasteiger partial charge is 0.386 e. The zero-order valence-corrected chi connectivity index (χ0v) is 15.7. The molecule has 1 fully saturated rings. The minimum atomic E-state index is -1.75. The van der Waals surface area contributed by atoms with Crippen LogP contribution in [0.15, 0.2) is 42.7 Å². The van der Waals surface area contributed by atoms with Gasteiger partial charge in [0.1, 0.15) is 12.3 Å². The smallest absolute Gasteiger partial charge is 0.252 e. The highest BCUT2D eigenvalue weighted by atomic mass is 16.5. The van der Waals surface area contributed by atoms with Gasteiger partial charge in [0.2, 0.25) is 0 Å². The molecule has 0 aliphatic carbocycles. The molecule has 0 radical (unpaired) electrons. The molecule has 4 N–H and O–H groups in total. The topological polar surface area (TPSA) is 120 Å². The lowest BCUT2D eigenvalue weighted by molar-refractivity contribution is -0.161. The Kier molecular flexibility index (Phi) is 6.76. The minimum Gasteiger partial charge on any atom is -0.386 e. The standard InChI is InChI=1S/C19H26N4O5/c1-13(14-3-5-15(6-4-14)23-8-2-7-20-23)21-18(26)16(24)17(25)19(27)22-9-11-28-12-10-22/h2-8,13,16-17,19,24-25,27H,9-12H2,1H3,(H,21,26)/t13-,16-,17-,19?/m1/s1. The highest BCUT2D eigenvalue weighted by Gasteiger charge is 2.34. The molecule has 0 spiro atoms. The third-order valence-electron chi connectivity index (χ3n) is 4.84. The molecule has 1 aliphatic heterocycles. The molecule has 9 nitrogen and oxygen atoms in total. The van der Waals surface area contributed by atoms with Gasteiger partial charge in [0.05, 0.1) is 24.9 Å². The van der Waals surface area contributed by atoms with E-state index in [4.69, 9.17) is 4.74 Å². The molecule has 0 bridgehead atoms. The number of carbonyl (C=O) groups is 1. The van der Waals surface area contributed by atoms with E-state index < -0.39 is 24.3 Å². The number of hydrogen-bond acceptors (Lipinski definition) is 7. The second-order valence-corrected chi connectivity index (χ2v) is 6.77. The molecular formula is C19H26N4O5. The van der Waals surface area contributed by atoms with Crippen molar-refractivity contribution >= 4 is 5.91 Å². The fourth-order valence-corrected chi connectivity index (χ4v) is 3.10. The number of amides is 1. The third kappa shape index (κ3) is 4.75. The molecule has 1 aliphatic rings. The molecule has 152 valence electrons. The van der Waals surface area contributed by atoms with Gasteiger partial charge in [0.15, 0.2) is 6.10 Å². The molecule has 0 saturated carbocycles. The number of hydrogen-bond donors (Lipinski definition) is 4. The number of benzene rings is 1. The average molecular weight is 390 g/mol. The first-order chi connectivity index (χ1) is 13.5. The number of rotatable bonds is 7. The van der Waals surface area contributed by atoms with Crippen molar-refractivity contribution in [2.45, 2.75) is 31.4 Å². The Labute approximate surface area is 163 Å². The van der Waals surface area contributed by atoms with Crippen molar-refractivity contribution in [1.29, 1.82) is 0 Å². The normalized spacial score (nSPS) is 19.6. The fourth-order valence-electron chi connectivity index (χ4n) is 3.10. The Bertz CT molecular complexity index is 746. The van der Waals surface area contributed by atoms with Gasteiger partial charge in [-0.3, -0.25) is 9.69 Å². The quantitative estimate of drug-likeness (QED) is 0.499. The highest BCUT2D eigenvalue weighted by Crippen LogP contribution is 2.16. The van der Waals surface area contributed by atoms with Crippen molar-refractivity contribution in [2.24, 2.45) is 0 Å². The predicted octanol–water partition coefficient (Wildman–Crippen LogP) is -0.578. The molecule has 3 rings (SSSR count). The number of ether oxygens (including phenoxy) is 1. The van der Waals surface area contributed by atoms with Gasteiger partial charge in [-0.1, -0.05) is 12.1 Å². The van der Waals surface area contributed by atoms with Crippen LogP contribution in [-0.2, 0) is 9.53 Å². The molecule has 1 amide bonds. The first kappa shape index (κ1) is 20.4. The van der Waals surface area contributed by atoms with Crippen LogP contribution < -0.4 is 5.32 Å². The highest BCUT2D eigenvalue weighted by molar-refractivity contribution is 5.81. The van der Waals surface area contributed by atoms with Crippen LogP contribution in [-0.4, -0.2) is 80.6 Å². The molecule has 2 aromatic rings. The lowest BCUT2D eigenvalue weighted by Gasteiger charge is -2.34. The van der Waals surface area contributed by atoms with Gasteiger partial charge in [0.25, 0.3) is 5.91 Å². The molecule has 1 aromatic carbocycles. The van der Waals surface area contributed by atoms with Crippen LogP contribution in [0.3, 0.4) is 0 Å². The van der Waals surface area contributed by atoms with Crippen molar-refractivity contribution in [3.63, 3.8) is 0 Å². The van der Waals surface area contributed by atoms with Gasteiger partial charge in [-0.25, -0.2) is 4.68 Å². The molecule has 1 aromatic heterocycles. The van der Waals surface area contributed by atoms with E-state index in [1.165, 1.54) is 0 Å². The molecule has 1 unspecified atom stereocenters. The Morgan fingerprint density at radius 1 is 1.18 bits per heavy atom. The van der Waals surface area contributed by atoms with Crippen LogP contribution in [0.4, 0.5) is 0 Å². The molecular weight excluding hydrogens is 364 g/mol. The van der Waals surface area contributed by atoms with Crippen LogP contribution in [0.5, 0.6) is 0 Å². The maximum atomic E-state index is 12.3. The van der Waals surface area contributed by atoms with Crippen LogP contribution >= 0.6 is 0 Å². The second kappa shape index (κ2) is 9.26. The van der Waals surface area contributed by atoms with E-state index in [0.29, 0.717) is 26.3 Å². The number of nitrogens with one attached hydrogen (secondary N) is 1. The van der Waals surface area contributed by atoms with Gasteiger partial charge in [0, 0.05) is 25.5 Å². The Balaban J connectivity index is 1.56. The summed E-state index contributed by atoms with van der Waals surface area (Å²) >= 11 is 0. The Morgan fingerprint density at radius 3 is 2.46 bits per heavy atom. The summed E-state index contributed by atoms with van der Waals surface area (Å²) in [5.41, 5.74) is 1.72. The van der Waals surface area contributed by atoms with E-state index in [0.717, 1.165) is 11.3 Å². The fraction of sp³-hybridized carbons (Fsp3) is 0.474. The summed E-state index contributed by atoms with van der Waals surface area (Å²) in [6.45, 7) is 3.48. The van der Waals surface area contributed by atoms with Crippen LogP contribution in [0.1, 0.15) is 18.5 Å². The van der Waals surface area contributed by atoms with Crippen molar-refractivity contribution < 1.29 is 24.9 Å². The summed E-state index contributed by atoms with van der Waals surface area (Å²) in [5.74, 6) is -0.747. The van der Waals surface area contributed by atoms with E-state index in [1.54, 1.807) is 22.7 Å². The Hall–Kier alpha value is -2.30. The van der Waals surface area contributed by atoms with Gasteiger partial charge < -0.3 is 25.4 Å². The van der Waals surface area contributed by atoms with Gasteiger partial charge >= 0.3 is 0 Å². The van der Waals surface area contributed by atoms with Crippen LogP contribution in [0, 0.1) is 0 Å². The summed E-state index contributed by atoms with van der Waals surface area (Å²) in [6, 6.07) is 8.90. The maximum absolute atomic E-state index is 12.3. The molecule has 9 heteroatoms. The third-order valence-corrected chi connectivity index (χ3v) is 4.84. The molecule has 4 atom stereocenters. The van der Waals surface area contributed by atoms with E-state index in [9.17, 15) is 20.1 Å². The lowest BCUT2D eigenvalue weighted by Crippen LogP contribution is -2.55. The molecule has 28 heavy (non-hydrogen) atoms. The summed E-state index contributed by atoms with van der Waals surface area (Å²) < 4.78 is 6.91. The van der Waals surface area contributed by atoms with E-state index in [-0.39, 0.29) is 6.04 Å². The summed E-state index contributed by atoms with van der Waals surface area (Å²) in [4.78, 5) is 13.9. The monoisotopic (exact) mass is 390 g/mol. The van der Waals surface area contributed by atoms with Crippen molar-refractivity contribution in [1.82, 2.24) is 20.0 Å². The van der Waals surface area contributed by atoms with Gasteiger partial charge in [-0.05, 0) is 30.7 Å². The average Bonchev–Trinajstić information content (AvgIpc) is 3.27. The predicted molar refractivity (Wildman–Crippen MR) is 101 cm³/mol. The number of carbonyl (C=O) groups excluding carboxylic acids is 1. The number of aliphatic hydroxyl groups is 3. The van der Waals surface area contributed by atoms with Gasteiger partial charge in [-0.2, -0.15) is 5.10 Å². The van der Waals surface area contributed by atoms with E-state index >= 15 is 0 Å². The van der Waals surface area contributed by atoms with Gasteiger partial charge in [-0.15, -0.1) is 0 Å². The molecule has 2 heterocycles. The van der Waals surface area contributed by atoms with E-state index in [2.05, 4.69) is 10.4 Å². The summed E-state index contributed by atoms with van der Waals surface area (Å²) in [5, 5.41) is 37.4. The van der Waals surface area contributed by atoms with Crippen molar-refractivity contribution in [2.75, 3.05) is 26.3 Å². The minimum absolute atomic E-state index is 0.387. The SMILES string of the molecule is C[C@@H](NC(=O)[C@H](O)[C@@H](O)C(O)N1CCOCC1)c1ccc(-n2cccn2)cc1. The molecule has 1 saturated heterocycles. The van der Waals surface area contributed by atoms with Crippen LogP contribution in [0.25, 0.3) is 5.69 Å². The summed E-state index contributed by atoms with van der Waals surface area (Å²) in [6.07, 6.45) is -1.18. The first-order valence-corrected chi connectivity index (χ1v) is 9.23. The summed E-state index contributed by atoms with van der Waals surface area (Å²) in [7, 11) is 0. The number of aliphatic hydroxyl groups excluding tert-OH is 3. The zero-order valence-electron chi connectivity index (χ0n) is 15.7. The number of morpholine rings is 1. The lowest BCUT2D eigenvalue weighted by atomic mass is 10.1. The second-order valence-electron chi connectivity index (χ2n) is 6.77.